The first-order valence-electron chi connectivity index (χ1n) is 6.02. The van der Waals surface area contributed by atoms with E-state index in [2.05, 4.69) is 5.32 Å². The first kappa shape index (κ1) is 11.1. The summed E-state index contributed by atoms with van der Waals surface area (Å²) in [5.74, 6) is 0.242. The van der Waals surface area contributed by atoms with Gasteiger partial charge in [-0.1, -0.05) is 18.2 Å². The lowest BCUT2D eigenvalue weighted by Gasteiger charge is -2.15. The average Bonchev–Trinajstić information content (AvgIpc) is 2.75. The van der Waals surface area contributed by atoms with Gasteiger partial charge in [0.2, 0.25) is 0 Å². The van der Waals surface area contributed by atoms with E-state index in [-0.39, 0.29) is 17.7 Å². The van der Waals surface area contributed by atoms with Crippen LogP contribution in [-0.2, 0) is 0 Å². The predicted octanol–water partition coefficient (Wildman–Crippen LogP) is 1.12. The Kier molecular flexibility index (Phi) is 2.47. The third-order valence-corrected chi connectivity index (χ3v) is 3.84. The summed E-state index contributed by atoms with van der Waals surface area (Å²) < 4.78 is 0. The van der Waals surface area contributed by atoms with Crippen molar-refractivity contribution in [3.63, 3.8) is 0 Å². The zero-order chi connectivity index (χ0) is 12.7. The van der Waals surface area contributed by atoms with Crippen molar-refractivity contribution < 1.29 is 14.7 Å². The summed E-state index contributed by atoms with van der Waals surface area (Å²) in [6.45, 7) is 1.52. The Labute approximate surface area is 104 Å². The largest absolute Gasteiger partial charge is 0.465 e. The topological polar surface area (TPSA) is 69.6 Å². The van der Waals surface area contributed by atoms with E-state index in [4.69, 9.17) is 5.11 Å². The summed E-state index contributed by atoms with van der Waals surface area (Å²) in [4.78, 5) is 24.4. The van der Waals surface area contributed by atoms with Crippen LogP contribution in [0.1, 0.15) is 21.8 Å². The van der Waals surface area contributed by atoms with Crippen molar-refractivity contribution in [2.24, 2.45) is 5.92 Å². The monoisotopic (exact) mass is 246 g/mol. The fourth-order valence-corrected chi connectivity index (χ4v) is 2.93. The first-order chi connectivity index (χ1) is 8.66. The predicted molar refractivity (Wildman–Crippen MR) is 64.6 cm³/mol. The number of amides is 2. The number of carbonyl (C=O) groups excluding carboxylic acids is 1. The van der Waals surface area contributed by atoms with E-state index in [0.717, 1.165) is 5.56 Å². The molecule has 0 bridgehead atoms. The molecule has 0 spiro atoms. The van der Waals surface area contributed by atoms with Gasteiger partial charge in [0.1, 0.15) is 0 Å². The van der Waals surface area contributed by atoms with Crippen LogP contribution in [0.2, 0.25) is 0 Å². The highest BCUT2D eigenvalue weighted by Crippen LogP contribution is 2.35. The Morgan fingerprint density at radius 1 is 1.33 bits per heavy atom. The smallest absolute Gasteiger partial charge is 0.407 e. The molecule has 1 fully saturated rings. The van der Waals surface area contributed by atoms with Crippen molar-refractivity contribution in [2.75, 3.05) is 19.6 Å². The second kappa shape index (κ2) is 4.01. The molecule has 18 heavy (non-hydrogen) atoms. The number of carboxylic acid groups (broad SMARTS) is 1. The van der Waals surface area contributed by atoms with E-state index in [1.165, 1.54) is 4.90 Å². The minimum absolute atomic E-state index is 0.0538. The first-order valence-corrected chi connectivity index (χ1v) is 6.02. The van der Waals surface area contributed by atoms with E-state index in [9.17, 15) is 9.59 Å². The molecule has 1 aromatic rings. The quantitative estimate of drug-likeness (QED) is 0.720. The molecule has 5 nitrogen and oxygen atoms in total. The maximum Gasteiger partial charge on any atom is 0.407 e. The molecule has 1 saturated heterocycles. The summed E-state index contributed by atoms with van der Waals surface area (Å²) in [5, 5.41) is 11.9. The van der Waals surface area contributed by atoms with Gasteiger partial charge < -0.3 is 15.3 Å². The number of fused-ring (bicyclic) bond motifs is 3. The van der Waals surface area contributed by atoms with Gasteiger partial charge in [-0.2, -0.15) is 0 Å². The van der Waals surface area contributed by atoms with Crippen LogP contribution in [0.3, 0.4) is 0 Å². The van der Waals surface area contributed by atoms with Crippen molar-refractivity contribution in [2.45, 2.75) is 5.92 Å². The summed E-state index contributed by atoms with van der Waals surface area (Å²) >= 11 is 0. The summed E-state index contributed by atoms with van der Waals surface area (Å²) in [6.07, 6.45) is -0.883. The molecule has 2 amide bonds. The standard InChI is InChI=1S/C13H14N2O3/c16-12-10-4-2-1-3-9(10)11-7-15(13(17)18)6-8(11)5-14-12/h1-4,8,11H,5-7H2,(H,14,16)(H,17,18). The Bertz CT molecular complexity index is 515. The van der Waals surface area contributed by atoms with E-state index in [1.54, 1.807) is 6.07 Å². The molecule has 2 aliphatic heterocycles. The van der Waals surface area contributed by atoms with Gasteiger partial charge in [-0.05, 0) is 11.6 Å². The molecule has 0 saturated carbocycles. The van der Waals surface area contributed by atoms with Gasteiger partial charge in [0, 0.05) is 37.0 Å². The number of hydrogen-bond acceptors (Lipinski definition) is 2. The summed E-state index contributed by atoms with van der Waals surface area (Å²) in [5.41, 5.74) is 1.65. The minimum atomic E-state index is -0.883. The maximum absolute atomic E-state index is 11.9. The van der Waals surface area contributed by atoms with Crippen molar-refractivity contribution in [3.8, 4) is 0 Å². The number of rotatable bonds is 0. The fraction of sp³-hybridized carbons (Fsp3) is 0.385. The normalized spacial score (nSPS) is 26.0. The molecular weight excluding hydrogens is 232 g/mol. The van der Waals surface area contributed by atoms with Gasteiger partial charge in [0.05, 0.1) is 0 Å². The Morgan fingerprint density at radius 3 is 2.89 bits per heavy atom. The van der Waals surface area contributed by atoms with Crippen LogP contribution in [0, 0.1) is 5.92 Å². The van der Waals surface area contributed by atoms with Crippen molar-refractivity contribution in [1.82, 2.24) is 10.2 Å². The van der Waals surface area contributed by atoms with Gasteiger partial charge in [-0.3, -0.25) is 4.79 Å². The second-order valence-electron chi connectivity index (χ2n) is 4.85. The SMILES string of the molecule is O=C1NCC2CN(C(=O)O)CC2c2ccccc21. The zero-order valence-electron chi connectivity index (χ0n) is 9.80. The number of nitrogens with one attached hydrogen (secondary N) is 1. The lowest BCUT2D eigenvalue weighted by molar-refractivity contribution is 0.0951. The Morgan fingerprint density at radius 2 is 2.11 bits per heavy atom. The van der Waals surface area contributed by atoms with E-state index in [1.807, 2.05) is 18.2 Å². The Balaban J connectivity index is 2.00. The maximum atomic E-state index is 11.9. The molecule has 1 aromatic carbocycles. The van der Waals surface area contributed by atoms with Crippen LogP contribution >= 0.6 is 0 Å². The number of benzene rings is 1. The van der Waals surface area contributed by atoms with Crippen LogP contribution in [0.4, 0.5) is 4.79 Å². The van der Waals surface area contributed by atoms with Crippen LogP contribution in [-0.4, -0.2) is 41.6 Å². The van der Waals surface area contributed by atoms with Gasteiger partial charge >= 0.3 is 6.09 Å². The second-order valence-corrected chi connectivity index (χ2v) is 4.85. The van der Waals surface area contributed by atoms with Gasteiger partial charge in [-0.25, -0.2) is 4.79 Å². The van der Waals surface area contributed by atoms with E-state index < -0.39 is 6.09 Å². The van der Waals surface area contributed by atoms with Crippen molar-refractivity contribution in [3.05, 3.63) is 35.4 Å². The highest BCUT2D eigenvalue weighted by molar-refractivity contribution is 5.96. The third kappa shape index (κ3) is 1.63. The van der Waals surface area contributed by atoms with Gasteiger partial charge in [-0.15, -0.1) is 0 Å². The minimum Gasteiger partial charge on any atom is -0.465 e. The lowest BCUT2D eigenvalue weighted by atomic mass is 9.87. The molecule has 0 radical (unpaired) electrons. The molecule has 2 unspecified atom stereocenters. The van der Waals surface area contributed by atoms with Crippen molar-refractivity contribution >= 4 is 12.0 Å². The van der Waals surface area contributed by atoms with Crippen LogP contribution in [0.25, 0.3) is 0 Å². The Hall–Kier alpha value is -2.04. The van der Waals surface area contributed by atoms with E-state index in [0.29, 0.717) is 25.2 Å². The number of likely N-dealkylation sites (tertiary alicyclic amines) is 1. The number of carbonyl (C=O) groups is 2. The number of hydrogen-bond donors (Lipinski definition) is 2. The molecule has 0 aliphatic carbocycles. The summed E-state index contributed by atoms with van der Waals surface area (Å²) in [7, 11) is 0. The van der Waals surface area contributed by atoms with Crippen LogP contribution in [0.15, 0.2) is 24.3 Å². The highest BCUT2D eigenvalue weighted by atomic mass is 16.4. The molecule has 2 heterocycles. The fourth-order valence-electron chi connectivity index (χ4n) is 2.93. The van der Waals surface area contributed by atoms with Gasteiger partial charge in [0.25, 0.3) is 5.91 Å². The summed E-state index contributed by atoms with van der Waals surface area (Å²) in [6, 6.07) is 7.47. The van der Waals surface area contributed by atoms with Crippen LogP contribution in [0.5, 0.6) is 0 Å². The zero-order valence-corrected chi connectivity index (χ0v) is 9.80. The molecule has 94 valence electrons. The molecular formula is C13H14N2O3. The molecule has 3 rings (SSSR count). The third-order valence-electron chi connectivity index (χ3n) is 3.84. The van der Waals surface area contributed by atoms with Crippen LogP contribution < -0.4 is 5.32 Å². The average molecular weight is 246 g/mol. The molecule has 2 atom stereocenters. The van der Waals surface area contributed by atoms with Crippen molar-refractivity contribution in [1.29, 1.82) is 0 Å². The molecule has 2 N–H and O–H groups in total. The van der Waals surface area contributed by atoms with Gasteiger partial charge in [0.15, 0.2) is 0 Å². The lowest BCUT2D eigenvalue weighted by Crippen LogP contribution is -2.31. The van der Waals surface area contributed by atoms with E-state index >= 15 is 0 Å². The number of nitrogens with zero attached hydrogens (tertiary/aromatic N) is 1. The molecule has 2 aliphatic rings. The highest BCUT2D eigenvalue weighted by Gasteiger charge is 2.39. The molecule has 5 heteroatoms. The molecule has 0 aromatic heterocycles.